The Hall–Kier alpha value is -2.03. The molecule has 0 aliphatic heterocycles. The fourth-order valence-electron chi connectivity index (χ4n) is 2.40. The molecule has 4 rings (SSSR count). The molecule has 3 aromatic heterocycles. The molecule has 0 bridgehead atoms. The highest BCUT2D eigenvalue weighted by atomic mass is 16.5. The second-order valence-corrected chi connectivity index (χ2v) is 3.98. The van der Waals surface area contributed by atoms with Gasteiger partial charge >= 0.3 is 0 Å². The number of aryl methyl sites for hydroxylation is 1. The Bertz CT molecular complexity index is 778. The van der Waals surface area contributed by atoms with Crippen molar-refractivity contribution in [1.29, 1.82) is 0 Å². The molecule has 0 atom stereocenters. The highest BCUT2D eigenvalue weighted by Crippen LogP contribution is 2.33. The van der Waals surface area contributed by atoms with Crippen LogP contribution in [0.15, 0.2) is 35.1 Å². The molecule has 0 amide bonds. The van der Waals surface area contributed by atoms with E-state index < -0.39 is 0 Å². The molecule has 3 heterocycles. The lowest BCUT2D eigenvalue weighted by molar-refractivity contribution is 0.458. The zero-order valence-corrected chi connectivity index (χ0v) is 8.19. The van der Waals surface area contributed by atoms with Crippen LogP contribution in [0.1, 0.15) is 5.56 Å². The standard InChI is InChI=1S/C12H8N2O/c1-7-4-8-2-3-14-10-6-13-15-12(10)9(5-7)11(8)14/h2-6H,1H3. The van der Waals surface area contributed by atoms with E-state index in [2.05, 4.69) is 40.9 Å². The van der Waals surface area contributed by atoms with Crippen molar-refractivity contribution in [3.8, 4) is 0 Å². The van der Waals surface area contributed by atoms with E-state index in [0.29, 0.717) is 0 Å². The Balaban J connectivity index is 2.52. The van der Waals surface area contributed by atoms with Gasteiger partial charge in [-0.1, -0.05) is 5.16 Å². The molecule has 3 heteroatoms. The Kier molecular flexibility index (Phi) is 1.04. The number of aromatic nitrogens is 2. The topological polar surface area (TPSA) is 30.4 Å². The third-order valence-corrected chi connectivity index (χ3v) is 2.98. The summed E-state index contributed by atoms with van der Waals surface area (Å²) in [5.74, 6) is 0. The molecule has 0 unspecified atom stereocenters. The first-order chi connectivity index (χ1) is 7.34. The minimum atomic E-state index is 0.888. The summed E-state index contributed by atoms with van der Waals surface area (Å²) in [5.41, 5.74) is 4.42. The third-order valence-electron chi connectivity index (χ3n) is 2.98. The zero-order chi connectivity index (χ0) is 9.99. The largest absolute Gasteiger partial charge is 0.354 e. The summed E-state index contributed by atoms with van der Waals surface area (Å²) in [6, 6.07) is 6.46. The number of fused-ring (bicyclic) bond motifs is 3. The van der Waals surface area contributed by atoms with Crippen LogP contribution in [0.4, 0.5) is 0 Å². The van der Waals surface area contributed by atoms with Crippen LogP contribution in [0.2, 0.25) is 0 Å². The van der Waals surface area contributed by atoms with E-state index >= 15 is 0 Å². The van der Waals surface area contributed by atoms with Crippen LogP contribution in [0, 0.1) is 6.92 Å². The molecule has 15 heavy (non-hydrogen) atoms. The van der Waals surface area contributed by atoms with Crippen molar-refractivity contribution in [2.24, 2.45) is 0 Å². The summed E-state index contributed by atoms with van der Waals surface area (Å²) in [5, 5.41) is 6.26. The van der Waals surface area contributed by atoms with E-state index in [-0.39, 0.29) is 0 Å². The lowest BCUT2D eigenvalue weighted by atomic mass is 10.1. The van der Waals surface area contributed by atoms with Gasteiger partial charge in [0.05, 0.1) is 11.7 Å². The molecule has 0 spiro atoms. The molecule has 0 N–H and O–H groups in total. The van der Waals surface area contributed by atoms with Gasteiger partial charge in [-0.05, 0) is 30.7 Å². The maximum absolute atomic E-state index is 5.29. The van der Waals surface area contributed by atoms with Gasteiger partial charge in [0.2, 0.25) is 0 Å². The predicted molar refractivity (Wildman–Crippen MR) is 58.4 cm³/mol. The molecule has 3 nitrogen and oxygen atoms in total. The van der Waals surface area contributed by atoms with Gasteiger partial charge in [-0.15, -0.1) is 0 Å². The van der Waals surface area contributed by atoms with E-state index in [9.17, 15) is 0 Å². The summed E-state index contributed by atoms with van der Waals surface area (Å²) in [7, 11) is 0. The van der Waals surface area contributed by atoms with Crippen molar-refractivity contribution in [1.82, 2.24) is 9.56 Å². The normalized spacial score (nSPS) is 12.3. The Morgan fingerprint density at radius 1 is 1.33 bits per heavy atom. The van der Waals surface area contributed by atoms with Gasteiger partial charge in [0.1, 0.15) is 5.52 Å². The number of hydrogen-bond donors (Lipinski definition) is 0. The Labute approximate surface area is 85.2 Å². The summed E-state index contributed by atoms with van der Waals surface area (Å²) in [6.45, 7) is 2.10. The average Bonchev–Trinajstić information content (AvgIpc) is 2.84. The van der Waals surface area contributed by atoms with Crippen molar-refractivity contribution < 1.29 is 4.52 Å². The van der Waals surface area contributed by atoms with Crippen LogP contribution in [-0.4, -0.2) is 9.56 Å². The fourth-order valence-corrected chi connectivity index (χ4v) is 2.40. The van der Waals surface area contributed by atoms with Crippen molar-refractivity contribution >= 4 is 27.4 Å². The fraction of sp³-hybridized carbons (Fsp3) is 0.0833. The van der Waals surface area contributed by atoms with Crippen LogP contribution >= 0.6 is 0 Å². The van der Waals surface area contributed by atoms with E-state index in [0.717, 1.165) is 16.5 Å². The molecular weight excluding hydrogens is 188 g/mol. The monoisotopic (exact) mass is 196 g/mol. The first kappa shape index (κ1) is 7.29. The highest BCUT2D eigenvalue weighted by Gasteiger charge is 2.14. The van der Waals surface area contributed by atoms with Gasteiger partial charge in [0, 0.05) is 17.0 Å². The maximum Gasteiger partial charge on any atom is 0.192 e. The van der Waals surface area contributed by atoms with E-state index in [1.165, 1.54) is 16.5 Å². The minimum Gasteiger partial charge on any atom is -0.354 e. The van der Waals surface area contributed by atoms with Crippen LogP contribution in [0.5, 0.6) is 0 Å². The summed E-state index contributed by atoms with van der Waals surface area (Å²) >= 11 is 0. The van der Waals surface area contributed by atoms with Crippen molar-refractivity contribution in [3.63, 3.8) is 0 Å². The first-order valence-corrected chi connectivity index (χ1v) is 4.92. The Morgan fingerprint density at radius 2 is 2.27 bits per heavy atom. The summed E-state index contributed by atoms with van der Waals surface area (Å²) < 4.78 is 7.43. The number of benzene rings is 1. The molecule has 72 valence electrons. The van der Waals surface area contributed by atoms with Gasteiger partial charge in [-0.2, -0.15) is 0 Å². The molecule has 0 radical (unpaired) electrons. The smallest absolute Gasteiger partial charge is 0.192 e. The molecule has 1 aromatic carbocycles. The number of nitrogens with zero attached hydrogens (tertiary/aromatic N) is 2. The second-order valence-electron chi connectivity index (χ2n) is 3.98. The maximum atomic E-state index is 5.29. The molecule has 0 aliphatic carbocycles. The van der Waals surface area contributed by atoms with Gasteiger partial charge in [-0.25, -0.2) is 0 Å². The first-order valence-electron chi connectivity index (χ1n) is 4.92. The molecule has 0 fully saturated rings. The second kappa shape index (κ2) is 2.14. The van der Waals surface area contributed by atoms with E-state index in [4.69, 9.17) is 4.52 Å². The lowest BCUT2D eigenvalue weighted by Crippen LogP contribution is -1.75. The average molecular weight is 196 g/mol. The van der Waals surface area contributed by atoms with Crippen LogP contribution in [0.25, 0.3) is 27.4 Å². The van der Waals surface area contributed by atoms with Gasteiger partial charge in [0.15, 0.2) is 5.58 Å². The van der Waals surface area contributed by atoms with Gasteiger partial charge in [-0.3, -0.25) is 0 Å². The molecule has 0 saturated heterocycles. The van der Waals surface area contributed by atoms with Crippen LogP contribution < -0.4 is 0 Å². The van der Waals surface area contributed by atoms with E-state index in [1.807, 2.05) is 0 Å². The minimum absolute atomic E-state index is 0.888. The van der Waals surface area contributed by atoms with Crippen LogP contribution in [0.3, 0.4) is 0 Å². The molecular formula is C12H8N2O. The molecule has 0 saturated carbocycles. The quantitative estimate of drug-likeness (QED) is 0.433. The van der Waals surface area contributed by atoms with Crippen molar-refractivity contribution in [3.05, 3.63) is 36.2 Å². The van der Waals surface area contributed by atoms with Crippen molar-refractivity contribution in [2.75, 3.05) is 0 Å². The molecule has 4 aromatic rings. The summed E-state index contributed by atoms with van der Waals surface area (Å²) in [4.78, 5) is 0. The van der Waals surface area contributed by atoms with E-state index in [1.54, 1.807) is 6.20 Å². The Morgan fingerprint density at radius 3 is 3.20 bits per heavy atom. The zero-order valence-electron chi connectivity index (χ0n) is 8.19. The molecule has 0 aliphatic rings. The highest BCUT2D eigenvalue weighted by molar-refractivity contribution is 6.12. The number of rotatable bonds is 0. The number of hydrogen-bond acceptors (Lipinski definition) is 2. The summed E-state index contributed by atoms with van der Waals surface area (Å²) in [6.07, 6.45) is 3.83. The van der Waals surface area contributed by atoms with Gasteiger partial charge in [0.25, 0.3) is 0 Å². The predicted octanol–water partition coefficient (Wildman–Crippen LogP) is 2.98. The van der Waals surface area contributed by atoms with Crippen LogP contribution in [-0.2, 0) is 0 Å². The van der Waals surface area contributed by atoms with Crippen molar-refractivity contribution in [2.45, 2.75) is 6.92 Å². The lowest BCUT2D eigenvalue weighted by Gasteiger charge is -1.94. The third kappa shape index (κ3) is 0.709. The SMILES string of the molecule is Cc1cc2ccn3c4cnoc4c(c1)c23. The van der Waals surface area contributed by atoms with Gasteiger partial charge < -0.3 is 8.92 Å².